The SMILES string of the molecule is [N-]=[N+]=NCC(O)C(O)c1cc(OC(F)(F)F)ccc1F. The lowest BCUT2D eigenvalue weighted by atomic mass is 10.0. The number of nitrogens with zero attached hydrogens (tertiary/aromatic N) is 3. The molecule has 0 aliphatic heterocycles. The van der Waals surface area contributed by atoms with Crippen LogP contribution < -0.4 is 4.74 Å². The van der Waals surface area contributed by atoms with Crippen LogP contribution in [-0.4, -0.2) is 29.2 Å². The predicted molar refractivity (Wildman–Crippen MR) is 58.1 cm³/mol. The van der Waals surface area contributed by atoms with Crippen LogP contribution in [0.4, 0.5) is 17.6 Å². The topological polar surface area (TPSA) is 98.5 Å². The van der Waals surface area contributed by atoms with Crippen LogP contribution in [0.1, 0.15) is 11.7 Å². The van der Waals surface area contributed by atoms with Crippen LogP contribution >= 0.6 is 0 Å². The number of ether oxygens (including phenoxy) is 1. The van der Waals surface area contributed by atoms with Crippen LogP contribution in [0.2, 0.25) is 0 Å². The van der Waals surface area contributed by atoms with Crippen molar-refractivity contribution in [2.24, 2.45) is 5.11 Å². The molecule has 2 N–H and O–H groups in total. The van der Waals surface area contributed by atoms with Crippen molar-refractivity contribution in [3.8, 4) is 5.75 Å². The van der Waals surface area contributed by atoms with Gasteiger partial charge in [0.15, 0.2) is 0 Å². The molecule has 2 atom stereocenters. The molecule has 0 spiro atoms. The van der Waals surface area contributed by atoms with Gasteiger partial charge in [-0.3, -0.25) is 0 Å². The highest BCUT2D eigenvalue weighted by atomic mass is 19.4. The maximum absolute atomic E-state index is 13.4. The van der Waals surface area contributed by atoms with Gasteiger partial charge < -0.3 is 14.9 Å². The van der Waals surface area contributed by atoms with Gasteiger partial charge in [0.05, 0.1) is 12.6 Å². The Labute approximate surface area is 109 Å². The summed E-state index contributed by atoms with van der Waals surface area (Å²) < 4.78 is 53.0. The van der Waals surface area contributed by atoms with E-state index < -0.39 is 42.2 Å². The summed E-state index contributed by atoms with van der Waals surface area (Å²) in [6.45, 7) is -0.568. The summed E-state index contributed by atoms with van der Waals surface area (Å²) in [6, 6.07) is 1.98. The Hall–Kier alpha value is -2.03. The van der Waals surface area contributed by atoms with Gasteiger partial charge in [-0.05, 0) is 23.7 Å². The summed E-state index contributed by atoms with van der Waals surface area (Å²) in [7, 11) is 0. The summed E-state index contributed by atoms with van der Waals surface area (Å²) in [6.07, 6.45) is -8.50. The fraction of sp³-hybridized carbons (Fsp3) is 0.400. The lowest BCUT2D eigenvalue weighted by Crippen LogP contribution is -2.22. The van der Waals surface area contributed by atoms with E-state index in [9.17, 15) is 27.8 Å². The maximum Gasteiger partial charge on any atom is 0.573 e. The van der Waals surface area contributed by atoms with Crippen molar-refractivity contribution < 1.29 is 32.5 Å². The molecule has 1 aromatic rings. The molecule has 0 aliphatic carbocycles. The van der Waals surface area contributed by atoms with Crippen LogP contribution in [0.25, 0.3) is 10.4 Å². The minimum absolute atomic E-state index is 0.568. The molecule has 0 bridgehead atoms. The molecule has 0 saturated heterocycles. The van der Waals surface area contributed by atoms with E-state index in [2.05, 4.69) is 14.8 Å². The predicted octanol–water partition coefficient (Wildman–Crippen LogP) is 2.43. The second-order valence-electron chi connectivity index (χ2n) is 3.66. The molecular weight excluding hydrogens is 286 g/mol. The lowest BCUT2D eigenvalue weighted by Gasteiger charge is -2.18. The Morgan fingerprint density at radius 3 is 2.55 bits per heavy atom. The van der Waals surface area contributed by atoms with Gasteiger partial charge in [0.1, 0.15) is 17.7 Å². The molecule has 0 amide bonds. The van der Waals surface area contributed by atoms with Gasteiger partial charge in [-0.1, -0.05) is 5.11 Å². The third-order valence-corrected chi connectivity index (χ3v) is 2.22. The van der Waals surface area contributed by atoms with Crippen LogP contribution in [0.15, 0.2) is 23.3 Å². The van der Waals surface area contributed by atoms with E-state index >= 15 is 0 Å². The molecule has 0 fully saturated rings. The molecule has 2 unspecified atom stereocenters. The zero-order valence-electron chi connectivity index (χ0n) is 9.75. The van der Waals surface area contributed by atoms with Gasteiger partial charge in [0.2, 0.25) is 0 Å². The van der Waals surface area contributed by atoms with Crippen molar-refractivity contribution in [3.05, 3.63) is 40.0 Å². The van der Waals surface area contributed by atoms with E-state index in [4.69, 9.17) is 5.53 Å². The van der Waals surface area contributed by atoms with E-state index in [0.717, 1.165) is 6.07 Å². The highest BCUT2D eigenvalue weighted by Gasteiger charge is 2.32. The quantitative estimate of drug-likeness (QED) is 0.377. The summed E-state index contributed by atoms with van der Waals surface area (Å²) >= 11 is 0. The number of aliphatic hydroxyl groups is 2. The summed E-state index contributed by atoms with van der Waals surface area (Å²) in [5.74, 6) is -1.78. The monoisotopic (exact) mass is 295 g/mol. The Morgan fingerprint density at radius 1 is 1.35 bits per heavy atom. The maximum atomic E-state index is 13.4. The second-order valence-corrected chi connectivity index (χ2v) is 3.66. The molecule has 0 heterocycles. The molecule has 0 aromatic heterocycles. The smallest absolute Gasteiger partial charge is 0.406 e. The molecular formula is C10H9F4N3O3. The minimum Gasteiger partial charge on any atom is -0.406 e. The molecule has 0 saturated carbocycles. The zero-order valence-corrected chi connectivity index (χ0v) is 9.75. The number of aliphatic hydroxyl groups excluding tert-OH is 2. The Bertz CT molecular complexity index is 517. The molecule has 0 radical (unpaired) electrons. The van der Waals surface area contributed by atoms with Crippen LogP contribution in [-0.2, 0) is 0 Å². The standard InChI is InChI=1S/C10H9F4N3O3/c11-7-2-1-5(20-10(12,13)14)3-6(7)9(19)8(18)4-16-17-15/h1-3,8-9,18-19H,4H2. The highest BCUT2D eigenvalue weighted by molar-refractivity contribution is 5.32. The first-order valence-corrected chi connectivity index (χ1v) is 5.17. The molecule has 20 heavy (non-hydrogen) atoms. The van der Waals surface area contributed by atoms with Gasteiger partial charge in [0, 0.05) is 10.5 Å². The zero-order chi connectivity index (χ0) is 15.3. The van der Waals surface area contributed by atoms with E-state index in [0.29, 0.717) is 12.1 Å². The summed E-state index contributed by atoms with van der Waals surface area (Å²) in [4.78, 5) is 2.33. The third kappa shape index (κ3) is 4.57. The molecule has 6 nitrogen and oxygen atoms in total. The summed E-state index contributed by atoms with van der Waals surface area (Å²) in [5, 5.41) is 22.0. The van der Waals surface area contributed by atoms with Crippen molar-refractivity contribution in [1.29, 1.82) is 0 Å². The van der Waals surface area contributed by atoms with Crippen LogP contribution in [0.3, 0.4) is 0 Å². The van der Waals surface area contributed by atoms with E-state index in [1.165, 1.54) is 0 Å². The minimum atomic E-state index is -4.97. The lowest BCUT2D eigenvalue weighted by molar-refractivity contribution is -0.274. The fourth-order valence-corrected chi connectivity index (χ4v) is 1.37. The highest BCUT2D eigenvalue weighted by Crippen LogP contribution is 2.28. The first kappa shape index (κ1) is 16.0. The molecule has 110 valence electrons. The van der Waals surface area contributed by atoms with E-state index in [1.807, 2.05) is 0 Å². The number of hydrogen-bond acceptors (Lipinski definition) is 4. The normalized spacial score (nSPS) is 14.3. The van der Waals surface area contributed by atoms with Crippen molar-refractivity contribution >= 4 is 0 Å². The molecule has 1 rings (SSSR count). The largest absolute Gasteiger partial charge is 0.573 e. The van der Waals surface area contributed by atoms with Crippen molar-refractivity contribution in [2.45, 2.75) is 18.6 Å². The average Bonchev–Trinajstić information content (AvgIpc) is 2.35. The average molecular weight is 295 g/mol. The third-order valence-electron chi connectivity index (χ3n) is 2.22. The first-order chi connectivity index (χ1) is 9.24. The second kappa shape index (κ2) is 6.42. The van der Waals surface area contributed by atoms with Gasteiger partial charge in [-0.15, -0.1) is 13.2 Å². The van der Waals surface area contributed by atoms with Crippen molar-refractivity contribution in [2.75, 3.05) is 6.54 Å². The Balaban J connectivity index is 2.98. The van der Waals surface area contributed by atoms with Gasteiger partial charge in [-0.2, -0.15) is 0 Å². The van der Waals surface area contributed by atoms with Gasteiger partial charge in [-0.25, -0.2) is 4.39 Å². The number of alkyl halides is 3. The number of benzene rings is 1. The number of rotatable bonds is 5. The van der Waals surface area contributed by atoms with E-state index in [1.54, 1.807) is 0 Å². The van der Waals surface area contributed by atoms with Crippen molar-refractivity contribution in [1.82, 2.24) is 0 Å². The molecule has 1 aromatic carbocycles. The Morgan fingerprint density at radius 2 is 2.00 bits per heavy atom. The van der Waals surface area contributed by atoms with Crippen LogP contribution in [0, 0.1) is 5.82 Å². The summed E-state index contributed by atoms with van der Waals surface area (Å²) in [5.41, 5.74) is 7.44. The van der Waals surface area contributed by atoms with E-state index in [-0.39, 0.29) is 0 Å². The number of halogens is 4. The first-order valence-electron chi connectivity index (χ1n) is 5.17. The number of azide groups is 1. The Kier molecular flexibility index (Phi) is 5.14. The molecule has 10 heteroatoms. The van der Waals surface area contributed by atoms with Crippen LogP contribution in [0.5, 0.6) is 5.75 Å². The molecule has 0 aliphatic rings. The number of hydrogen-bond donors (Lipinski definition) is 2. The van der Waals surface area contributed by atoms with Gasteiger partial charge in [0.25, 0.3) is 0 Å². The fourth-order valence-electron chi connectivity index (χ4n) is 1.37. The van der Waals surface area contributed by atoms with Crippen molar-refractivity contribution in [3.63, 3.8) is 0 Å². The van der Waals surface area contributed by atoms with Gasteiger partial charge >= 0.3 is 6.36 Å².